The van der Waals surface area contributed by atoms with Crippen LogP contribution in [0, 0.1) is 0 Å². The second kappa shape index (κ2) is 4.71. The number of aromatic carboxylic acids is 1. The summed E-state index contributed by atoms with van der Waals surface area (Å²) in [5.74, 6) is -1.19. The summed E-state index contributed by atoms with van der Waals surface area (Å²) in [6, 6.07) is 0.944. The molecule has 0 aliphatic heterocycles. The average molecular weight is 274 g/mol. The van der Waals surface area contributed by atoms with Crippen LogP contribution in [0.15, 0.2) is 17.2 Å². The summed E-state index contributed by atoms with van der Waals surface area (Å²) in [5.41, 5.74) is -0.154. The van der Waals surface area contributed by atoms with Crippen molar-refractivity contribution in [1.82, 2.24) is 9.71 Å². The molecule has 7 nitrogen and oxygen atoms in total. The maximum atomic E-state index is 11.9. The SMILES string of the molecule is COC1CC(NS(=O)(=O)c2c[nH]c(C(=O)O)c2)C1. The fourth-order valence-corrected chi connectivity index (χ4v) is 3.05. The lowest BCUT2D eigenvalue weighted by Crippen LogP contribution is -2.47. The molecule has 100 valence electrons. The number of carbonyl (C=O) groups is 1. The van der Waals surface area contributed by atoms with Crippen LogP contribution in [0.1, 0.15) is 23.3 Å². The van der Waals surface area contributed by atoms with Crippen LogP contribution >= 0.6 is 0 Å². The maximum Gasteiger partial charge on any atom is 0.352 e. The van der Waals surface area contributed by atoms with E-state index in [1.807, 2.05) is 0 Å². The molecule has 0 aromatic carbocycles. The number of ether oxygens (including phenoxy) is 1. The van der Waals surface area contributed by atoms with E-state index in [2.05, 4.69) is 9.71 Å². The van der Waals surface area contributed by atoms with Crippen LogP contribution in [0.5, 0.6) is 0 Å². The van der Waals surface area contributed by atoms with E-state index in [9.17, 15) is 13.2 Å². The van der Waals surface area contributed by atoms with Crippen molar-refractivity contribution in [3.05, 3.63) is 18.0 Å². The molecule has 1 aliphatic rings. The van der Waals surface area contributed by atoms with Gasteiger partial charge in [0.05, 0.1) is 6.10 Å². The topological polar surface area (TPSA) is 108 Å². The number of sulfonamides is 1. The largest absolute Gasteiger partial charge is 0.477 e. The van der Waals surface area contributed by atoms with Gasteiger partial charge in [-0.3, -0.25) is 0 Å². The minimum absolute atomic E-state index is 0.0687. The molecule has 0 amide bonds. The average Bonchev–Trinajstić information content (AvgIpc) is 2.72. The van der Waals surface area contributed by atoms with Crippen LogP contribution in [0.4, 0.5) is 0 Å². The molecule has 0 unspecified atom stereocenters. The number of aromatic amines is 1. The van der Waals surface area contributed by atoms with Gasteiger partial charge in [0.25, 0.3) is 0 Å². The van der Waals surface area contributed by atoms with Crippen LogP contribution in [0.25, 0.3) is 0 Å². The molecule has 1 heterocycles. The Morgan fingerprint density at radius 2 is 2.22 bits per heavy atom. The van der Waals surface area contributed by atoms with E-state index >= 15 is 0 Å². The highest BCUT2D eigenvalue weighted by molar-refractivity contribution is 7.89. The quantitative estimate of drug-likeness (QED) is 0.709. The molecule has 2 rings (SSSR count). The van der Waals surface area contributed by atoms with Crippen molar-refractivity contribution < 1.29 is 23.1 Å². The smallest absolute Gasteiger partial charge is 0.352 e. The Bertz CT molecular complexity index is 544. The first-order valence-electron chi connectivity index (χ1n) is 5.39. The molecule has 0 spiro atoms. The molecule has 1 aliphatic carbocycles. The summed E-state index contributed by atoms with van der Waals surface area (Å²) >= 11 is 0. The second-order valence-electron chi connectivity index (χ2n) is 4.20. The number of carboxylic acids is 1. The molecule has 0 saturated heterocycles. The highest BCUT2D eigenvalue weighted by atomic mass is 32.2. The van der Waals surface area contributed by atoms with Gasteiger partial charge in [-0.15, -0.1) is 0 Å². The fourth-order valence-electron chi connectivity index (χ4n) is 1.79. The zero-order valence-corrected chi connectivity index (χ0v) is 10.5. The predicted molar refractivity (Wildman–Crippen MR) is 61.9 cm³/mol. The lowest BCUT2D eigenvalue weighted by molar-refractivity contribution is 0.0236. The Balaban J connectivity index is 2.04. The van der Waals surface area contributed by atoms with Gasteiger partial charge >= 0.3 is 5.97 Å². The van der Waals surface area contributed by atoms with Crippen LogP contribution < -0.4 is 4.72 Å². The van der Waals surface area contributed by atoms with Gasteiger partial charge in [0.2, 0.25) is 10.0 Å². The zero-order valence-electron chi connectivity index (χ0n) is 9.71. The minimum Gasteiger partial charge on any atom is -0.477 e. The van der Waals surface area contributed by atoms with E-state index in [4.69, 9.17) is 9.84 Å². The van der Waals surface area contributed by atoms with E-state index in [1.165, 1.54) is 0 Å². The van der Waals surface area contributed by atoms with Gasteiger partial charge in [-0.1, -0.05) is 0 Å². The van der Waals surface area contributed by atoms with Gasteiger partial charge in [-0.2, -0.15) is 0 Å². The summed E-state index contributed by atoms with van der Waals surface area (Å²) < 4.78 is 31.4. The van der Waals surface area contributed by atoms with Crippen molar-refractivity contribution in [3.8, 4) is 0 Å². The summed E-state index contributed by atoms with van der Waals surface area (Å²) in [6.45, 7) is 0. The highest BCUT2D eigenvalue weighted by Crippen LogP contribution is 2.24. The van der Waals surface area contributed by atoms with Crippen LogP contribution in [0.2, 0.25) is 0 Å². The van der Waals surface area contributed by atoms with Crippen LogP contribution in [-0.4, -0.2) is 43.7 Å². The predicted octanol–water partition coefficient (Wildman–Crippen LogP) is 0.169. The molecular formula is C10H14N2O5S. The van der Waals surface area contributed by atoms with E-state index in [1.54, 1.807) is 7.11 Å². The molecule has 0 bridgehead atoms. The third-order valence-corrected chi connectivity index (χ3v) is 4.45. The van der Waals surface area contributed by atoms with Gasteiger partial charge in [-0.05, 0) is 18.9 Å². The Labute approximate surface area is 104 Å². The molecule has 18 heavy (non-hydrogen) atoms. The van der Waals surface area contributed by atoms with Gasteiger partial charge in [0.15, 0.2) is 0 Å². The lowest BCUT2D eigenvalue weighted by atomic mass is 9.90. The summed E-state index contributed by atoms with van der Waals surface area (Å²) in [6.07, 6.45) is 2.52. The summed E-state index contributed by atoms with van der Waals surface area (Å²) in [7, 11) is -2.08. The van der Waals surface area contributed by atoms with E-state index in [-0.39, 0.29) is 22.7 Å². The van der Waals surface area contributed by atoms with Crippen LogP contribution in [-0.2, 0) is 14.8 Å². The number of carboxylic acid groups (broad SMARTS) is 1. The summed E-state index contributed by atoms with van der Waals surface area (Å²) in [5, 5.41) is 8.71. The number of aromatic nitrogens is 1. The van der Waals surface area contributed by atoms with Crippen molar-refractivity contribution in [3.63, 3.8) is 0 Å². The zero-order chi connectivity index (χ0) is 13.3. The summed E-state index contributed by atoms with van der Waals surface area (Å²) in [4.78, 5) is 13.0. The number of methoxy groups -OCH3 is 1. The molecule has 3 N–H and O–H groups in total. The Morgan fingerprint density at radius 1 is 1.56 bits per heavy atom. The van der Waals surface area contributed by atoms with Gasteiger partial charge in [-0.25, -0.2) is 17.9 Å². The monoisotopic (exact) mass is 274 g/mol. The van der Waals surface area contributed by atoms with Crippen molar-refractivity contribution in [2.45, 2.75) is 29.9 Å². The number of rotatable bonds is 5. The molecule has 1 saturated carbocycles. The van der Waals surface area contributed by atoms with Crippen LogP contribution in [0.3, 0.4) is 0 Å². The van der Waals surface area contributed by atoms with E-state index < -0.39 is 16.0 Å². The first-order chi connectivity index (χ1) is 8.42. The minimum atomic E-state index is -3.66. The number of nitrogens with one attached hydrogen (secondary N) is 2. The molecule has 1 aromatic rings. The molecule has 8 heteroatoms. The lowest BCUT2D eigenvalue weighted by Gasteiger charge is -2.34. The van der Waals surface area contributed by atoms with Gasteiger partial charge in [0, 0.05) is 19.3 Å². The molecule has 1 fully saturated rings. The van der Waals surface area contributed by atoms with Gasteiger partial charge < -0.3 is 14.8 Å². The number of hydrogen-bond donors (Lipinski definition) is 3. The van der Waals surface area contributed by atoms with E-state index in [0.29, 0.717) is 12.8 Å². The van der Waals surface area contributed by atoms with Crippen molar-refractivity contribution in [2.75, 3.05) is 7.11 Å². The molecule has 0 radical (unpaired) electrons. The van der Waals surface area contributed by atoms with Crippen molar-refractivity contribution in [1.29, 1.82) is 0 Å². The molecule has 0 atom stereocenters. The Kier molecular flexibility index (Phi) is 3.42. The van der Waals surface area contributed by atoms with Crippen molar-refractivity contribution >= 4 is 16.0 Å². The third-order valence-electron chi connectivity index (χ3n) is 2.95. The number of hydrogen-bond acceptors (Lipinski definition) is 4. The second-order valence-corrected chi connectivity index (χ2v) is 5.92. The maximum absolute atomic E-state index is 11.9. The first kappa shape index (κ1) is 13.1. The normalized spacial score (nSPS) is 23.6. The highest BCUT2D eigenvalue weighted by Gasteiger charge is 2.33. The Morgan fingerprint density at radius 3 is 2.72 bits per heavy atom. The molecule has 1 aromatic heterocycles. The third kappa shape index (κ3) is 2.55. The van der Waals surface area contributed by atoms with Crippen molar-refractivity contribution in [2.24, 2.45) is 0 Å². The number of H-pyrrole nitrogens is 1. The van der Waals surface area contributed by atoms with E-state index in [0.717, 1.165) is 12.3 Å². The Hall–Kier alpha value is -1.38. The fraction of sp³-hybridized carbons (Fsp3) is 0.500. The van der Waals surface area contributed by atoms with Gasteiger partial charge in [0.1, 0.15) is 10.6 Å². The first-order valence-corrected chi connectivity index (χ1v) is 6.87. The standard InChI is InChI=1S/C10H14N2O5S/c1-17-7-2-6(3-7)12-18(15,16)8-4-9(10(13)14)11-5-8/h4-7,11-12H,2-3H2,1H3,(H,13,14). The molecular weight excluding hydrogens is 260 g/mol.